The van der Waals surface area contributed by atoms with Gasteiger partial charge in [0.05, 0.1) is 6.54 Å². The third-order valence-corrected chi connectivity index (χ3v) is 5.05. The van der Waals surface area contributed by atoms with E-state index in [2.05, 4.69) is 43.2 Å². The van der Waals surface area contributed by atoms with Crippen molar-refractivity contribution in [3.63, 3.8) is 0 Å². The Morgan fingerprint density at radius 3 is 2.45 bits per heavy atom. The van der Waals surface area contributed by atoms with E-state index >= 15 is 0 Å². The Labute approximate surface area is 128 Å². The molecule has 0 saturated carbocycles. The molecule has 0 aromatic carbocycles. The maximum Gasteiger partial charge on any atom is 0.233 e. The predicted molar refractivity (Wildman–Crippen MR) is 88.3 cm³/mol. The second-order valence-corrected chi connectivity index (χ2v) is 8.56. The molecule has 0 radical (unpaired) electrons. The SMILES string of the molecule is CNC(=O)CN1CCC(N[C@@H](C)CSC(C)(C)C)CC1. The van der Waals surface area contributed by atoms with Crippen molar-refractivity contribution in [1.82, 2.24) is 15.5 Å². The lowest BCUT2D eigenvalue weighted by Crippen LogP contribution is -2.48. The van der Waals surface area contributed by atoms with Gasteiger partial charge in [-0.05, 0) is 19.8 Å². The zero-order valence-corrected chi connectivity index (χ0v) is 14.5. The summed E-state index contributed by atoms with van der Waals surface area (Å²) in [5, 5.41) is 6.42. The van der Waals surface area contributed by atoms with E-state index in [0.29, 0.717) is 23.4 Å². The first-order valence-electron chi connectivity index (χ1n) is 7.63. The first-order chi connectivity index (χ1) is 9.30. The van der Waals surface area contributed by atoms with E-state index in [1.165, 1.54) is 0 Å². The minimum Gasteiger partial charge on any atom is -0.358 e. The van der Waals surface area contributed by atoms with Crippen LogP contribution < -0.4 is 10.6 Å². The van der Waals surface area contributed by atoms with Gasteiger partial charge in [-0.3, -0.25) is 9.69 Å². The van der Waals surface area contributed by atoms with Crippen LogP contribution in [0, 0.1) is 0 Å². The summed E-state index contributed by atoms with van der Waals surface area (Å²) in [7, 11) is 1.70. The smallest absolute Gasteiger partial charge is 0.233 e. The Kier molecular flexibility index (Phi) is 7.34. The molecule has 1 aliphatic heterocycles. The number of carbonyl (C=O) groups excluding carboxylic acids is 1. The number of hydrogen-bond donors (Lipinski definition) is 2. The molecular formula is C15H31N3OS. The van der Waals surface area contributed by atoms with Crippen molar-refractivity contribution in [2.75, 3.05) is 32.4 Å². The summed E-state index contributed by atoms with van der Waals surface area (Å²) in [5.74, 6) is 1.27. The van der Waals surface area contributed by atoms with E-state index in [1.54, 1.807) is 7.05 Å². The average Bonchev–Trinajstić information content (AvgIpc) is 2.38. The fraction of sp³-hybridized carbons (Fsp3) is 0.933. The third-order valence-electron chi connectivity index (χ3n) is 3.52. The molecule has 1 saturated heterocycles. The van der Waals surface area contributed by atoms with Gasteiger partial charge in [0.1, 0.15) is 0 Å². The molecule has 4 nitrogen and oxygen atoms in total. The summed E-state index contributed by atoms with van der Waals surface area (Å²) in [6.45, 7) is 11.6. The van der Waals surface area contributed by atoms with E-state index in [1.807, 2.05) is 11.8 Å². The molecule has 1 amide bonds. The first-order valence-corrected chi connectivity index (χ1v) is 8.61. The number of nitrogens with one attached hydrogen (secondary N) is 2. The monoisotopic (exact) mass is 301 g/mol. The minimum atomic E-state index is 0.117. The second kappa shape index (κ2) is 8.25. The lowest BCUT2D eigenvalue weighted by atomic mass is 10.0. The van der Waals surface area contributed by atoms with Crippen molar-refractivity contribution in [3.8, 4) is 0 Å². The zero-order valence-electron chi connectivity index (χ0n) is 13.7. The Balaban J connectivity index is 2.20. The number of likely N-dealkylation sites (tertiary alicyclic amines) is 1. The molecule has 5 heteroatoms. The summed E-state index contributed by atoms with van der Waals surface area (Å²) in [5.41, 5.74) is 0. The molecule has 0 spiro atoms. The number of rotatable bonds is 6. The highest BCUT2D eigenvalue weighted by Crippen LogP contribution is 2.24. The van der Waals surface area contributed by atoms with Gasteiger partial charge in [-0.1, -0.05) is 20.8 Å². The van der Waals surface area contributed by atoms with Gasteiger partial charge in [-0.25, -0.2) is 0 Å². The Hall–Kier alpha value is -0.260. The number of hydrogen-bond acceptors (Lipinski definition) is 4. The van der Waals surface area contributed by atoms with Crippen molar-refractivity contribution < 1.29 is 4.79 Å². The van der Waals surface area contributed by atoms with E-state index in [4.69, 9.17) is 0 Å². The summed E-state index contributed by atoms with van der Waals surface area (Å²) in [6.07, 6.45) is 2.28. The van der Waals surface area contributed by atoms with Crippen molar-refractivity contribution in [2.24, 2.45) is 0 Å². The van der Waals surface area contributed by atoms with Gasteiger partial charge in [0.25, 0.3) is 0 Å². The van der Waals surface area contributed by atoms with Crippen LogP contribution in [-0.2, 0) is 4.79 Å². The van der Waals surface area contributed by atoms with Gasteiger partial charge < -0.3 is 10.6 Å². The topological polar surface area (TPSA) is 44.4 Å². The van der Waals surface area contributed by atoms with Crippen LogP contribution in [0.1, 0.15) is 40.5 Å². The quantitative estimate of drug-likeness (QED) is 0.784. The number of piperidine rings is 1. The van der Waals surface area contributed by atoms with Gasteiger partial charge in [0.15, 0.2) is 0 Å². The molecule has 0 bridgehead atoms. The summed E-state index contributed by atoms with van der Waals surface area (Å²) in [4.78, 5) is 13.6. The lowest BCUT2D eigenvalue weighted by molar-refractivity contribution is -0.122. The standard InChI is InChI=1S/C15H31N3OS/c1-12(11-20-15(2,3)4)17-13-6-8-18(9-7-13)10-14(19)16-5/h12-13,17H,6-11H2,1-5H3,(H,16,19)/t12-/m0/s1. The number of amides is 1. The van der Waals surface area contributed by atoms with Crippen LogP contribution in [0.25, 0.3) is 0 Å². The van der Waals surface area contributed by atoms with Gasteiger partial charge in [-0.2, -0.15) is 11.8 Å². The Bertz CT molecular complexity index is 296. The van der Waals surface area contributed by atoms with Crippen LogP contribution in [0.2, 0.25) is 0 Å². The van der Waals surface area contributed by atoms with Crippen LogP contribution in [0.4, 0.5) is 0 Å². The summed E-state index contributed by atoms with van der Waals surface area (Å²) >= 11 is 2.02. The van der Waals surface area contributed by atoms with Gasteiger partial charge in [0, 0.05) is 42.7 Å². The van der Waals surface area contributed by atoms with E-state index in [-0.39, 0.29) is 5.91 Å². The van der Waals surface area contributed by atoms with E-state index in [9.17, 15) is 4.79 Å². The molecule has 20 heavy (non-hydrogen) atoms. The fourth-order valence-corrected chi connectivity index (χ4v) is 3.21. The highest BCUT2D eigenvalue weighted by Gasteiger charge is 2.22. The van der Waals surface area contributed by atoms with Gasteiger partial charge in [-0.15, -0.1) is 0 Å². The molecular weight excluding hydrogens is 270 g/mol. The van der Waals surface area contributed by atoms with Crippen LogP contribution in [0.3, 0.4) is 0 Å². The highest BCUT2D eigenvalue weighted by atomic mass is 32.2. The van der Waals surface area contributed by atoms with Crippen LogP contribution >= 0.6 is 11.8 Å². The molecule has 0 aromatic rings. The van der Waals surface area contributed by atoms with Crippen LogP contribution in [0.15, 0.2) is 0 Å². The maximum atomic E-state index is 11.3. The minimum absolute atomic E-state index is 0.117. The molecule has 2 N–H and O–H groups in total. The van der Waals surface area contributed by atoms with Crippen molar-refractivity contribution in [2.45, 2.75) is 57.4 Å². The maximum absolute atomic E-state index is 11.3. The number of likely N-dealkylation sites (N-methyl/N-ethyl adjacent to an activating group) is 1. The molecule has 0 aliphatic carbocycles. The highest BCUT2D eigenvalue weighted by molar-refractivity contribution is 8.00. The summed E-state index contributed by atoms with van der Waals surface area (Å²) in [6, 6.07) is 1.15. The van der Waals surface area contributed by atoms with E-state index < -0.39 is 0 Å². The number of carbonyl (C=O) groups is 1. The van der Waals surface area contributed by atoms with Gasteiger partial charge >= 0.3 is 0 Å². The normalized spacial score (nSPS) is 19.9. The number of nitrogens with zero attached hydrogens (tertiary/aromatic N) is 1. The zero-order chi connectivity index (χ0) is 15.2. The molecule has 1 heterocycles. The van der Waals surface area contributed by atoms with E-state index in [0.717, 1.165) is 31.7 Å². The van der Waals surface area contributed by atoms with Crippen LogP contribution in [0.5, 0.6) is 0 Å². The largest absolute Gasteiger partial charge is 0.358 e. The Morgan fingerprint density at radius 2 is 1.95 bits per heavy atom. The van der Waals surface area contributed by atoms with Crippen molar-refractivity contribution in [1.29, 1.82) is 0 Å². The molecule has 1 fully saturated rings. The molecule has 1 aliphatic rings. The van der Waals surface area contributed by atoms with Crippen LogP contribution in [-0.4, -0.2) is 60.1 Å². The fourth-order valence-electron chi connectivity index (χ4n) is 2.37. The molecule has 0 unspecified atom stereocenters. The molecule has 1 atom stereocenters. The molecule has 1 rings (SSSR count). The average molecular weight is 302 g/mol. The molecule has 118 valence electrons. The molecule has 0 aromatic heterocycles. The van der Waals surface area contributed by atoms with Crippen molar-refractivity contribution >= 4 is 17.7 Å². The van der Waals surface area contributed by atoms with Crippen molar-refractivity contribution in [3.05, 3.63) is 0 Å². The third kappa shape index (κ3) is 7.50. The second-order valence-electron chi connectivity index (χ2n) is 6.71. The first kappa shape index (κ1) is 17.8. The summed E-state index contributed by atoms with van der Waals surface area (Å²) < 4.78 is 0.340. The lowest BCUT2D eigenvalue weighted by Gasteiger charge is -2.33. The number of thioether (sulfide) groups is 1. The Morgan fingerprint density at radius 1 is 1.35 bits per heavy atom. The van der Waals surface area contributed by atoms with Gasteiger partial charge in [0.2, 0.25) is 5.91 Å². The predicted octanol–water partition coefficient (Wildman–Crippen LogP) is 1.71.